The molecular formula is C14H22O. The van der Waals surface area contributed by atoms with E-state index in [-0.39, 0.29) is 0 Å². The Kier molecular flexibility index (Phi) is 5.23. The summed E-state index contributed by atoms with van der Waals surface area (Å²) in [5.41, 5.74) is 1.39. The second-order valence-electron chi connectivity index (χ2n) is 4.17. The highest BCUT2D eigenvalue weighted by atomic mass is 16.5. The van der Waals surface area contributed by atoms with Gasteiger partial charge in [-0.3, -0.25) is 0 Å². The molecule has 1 rings (SSSR count). The van der Waals surface area contributed by atoms with Gasteiger partial charge in [-0.25, -0.2) is 0 Å². The van der Waals surface area contributed by atoms with Gasteiger partial charge >= 0.3 is 0 Å². The fourth-order valence-electron chi connectivity index (χ4n) is 1.82. The number of hydrogen-bond donors (Lipinski definition) is 0. The van der Waals surface area contributed by atoms with Crippen molar-refractivity contribution in [1.82, 2.24) is 0 Å². The second-order valence-corrected chi connectivity index (χ2v) is 4.17. The molecule has 0 saturated heterocycles. The number of methoxy groups -OCH3 is 1. The molecule has 0 amide bonds. The van der Waals surface area contributed by atoms with Gasteiger partial charge < -0.3 is 4.74 Å². The number of unbranched alkanes of at least 4 members (excludes halogenated alkanes) is 2. The highest BCUT2D eigenvalue weighted by molar-refractivity contribution is 5.30. The zero-order valence-corrected chi connectivity index (χ0v) is 10.1. The summed E-state index contributed by atoms with van der Waals surface area (Å²) in [6.45, 7) is 4.54. The third-order valence-corrected chi connectivity index (χ3v) is 2.90. The fraction of sp³-hybridized carbons (Fsp3) is 0.571. The molecule has 0 radical (unpaired) electrons. The summed E-state index contributed by atoms with van der Waals surface area (Å²) >= 11 is 0. The smallest absolute Gasteiger partial charge is 0.119 e. The van der Waals surface area contributed by atoms with Gasteiger partial charge in [-0.15, -0.1) is 0 Å². The van der Waals surface area contributed by atoms with E-state index in [2.05, 4.69) is 32.0 Å². The molecule has 0 aliphatic heterocycles. The van der Waals surface area contributed by atoms with Crippen LogP contribution < -0.4 is 4.74 Å². The van der Waals surface area contributed by atoms with Crippen LogP contribution in [0.1, 0.15) is 51.0 Å². The molecule has 1 aromatic carbocycles. The molecule has 0 N–H and O–H groups in total. The summed E-state index contributed by atoms with van der Waals surface area (Å²) in [6.07, 6.45) is 5.25. The van der Waals surface area contributed by atoms with Gasteiger partial charge in [-0.05, 0) is 30.0 Å². The molecule has 0 spiro atoms. The third-order valence-electron chi connectivity index (χ3n) is 2.90. The van der Waals surface area contributed by atoms with Gasteiger partial charge in [-0.2, -0.15) is 0 Å². The Hall–Kier alpha value is -0.980. The van der Waals surface area contributed by atoms with E-state index < -0.39 is 0 Å². The predicted octanol–water partition coefficient (Wildman–Crippen LogP) is 4.38. The average molecular weight is 206 g/mol. The van der Waals surface area contributed by atoms with Crippen molar-refractivity contribution in [3.05, 3.63) is 29.8 Å². The van der Waals surface area contributed by atoms with E-state index in [0.717, 1.165) is 5.75 Å². The summed E-state index contributed by atoms with van der Waals surface area (Å²) in [6, 6.07) is 8.42. The normalized spacial score (nSPS) is 12.5. The Morgan fingerprint density at radius 2 is 2.07 bits per heavy atom. The number of ether oxygens (including phenoxy) is 1. The molecule has 15 heavy (non-hydrogen) atoms. The lowest BCUT2D eigenvalue weighted by Gasteiger charge is -2.12. The molecule has 1 aromatic rings. The Morgan fingerprint density at radius 1 is 1.27 bits per heavy atom. The van der Waals surface area contributed by atoms with Crippen LogP contribution in [0.2, 0.25) is 0 Å². The van der Waals surface area contributed by atoms with Gasteiger partial charge in [0.25, 0.3) is 0 Å². The maximum Gasteiger partial charge on any atom is 0.119 e. The Bertz CT molecular complexity index is 280. The molecule has 0 aromatic heterocycles. The quantitative estimate of drug-likeness (QED) is 0.628. The standard InChI is InChI=1S/C14H22O/c1-4-5-6-8-12(2)13-9-7-10-14(11-13)15-3/h7,9-12H,4-6,8H2,1-3H3. The van der Waals surface area contributed by atoms with Crippen molar-refractivity contribution in [2.45, 2.75) is 45.4 Å². The summed E-state index contributed by atoms with van der Waals surface area (Å²) in [7, 11) is 1.72. The predicted molar refractivity (Wildman–Crippen MR) is 65.6 cm³/mol. The molecule has 0 heterocycles. The Labute approximate surface area is 93.5 Å². The molecule has 0 aliphatic carbocycles. The highest BCUT2D eigenvalue weighted by Gasteiger charge is 2.05. The van der Waals surface area contributed by atoms with Gasteiger partial charge in [-0.1, -0.05) is 45.2 Å². The van der Waals surface area contributed by atoms with Gasteiger partial charge in [0.2, 0.25) is 0 Å². The van der Waals surface area contributed by atoms with E-state index in [1.54, 1.807) is 7.11 Å². The van der Waals surface area contributed by atoms with E-state index >= 15 is 0 Å². The SMILES string of the molecule is CCCCCC(C)c1cccc(OC)c1. The summed E-state index contributed by atoms with van der Waals surface area (Å²) in [5, 5.41) is 0. The third kappa shape index (κ3) is 3.94. The van der Waals surface area contributed by atoms with Crippen LogP contribution >= 0.6 is 0 Å². The molecule has 84 valence electrons. The average Bonchev–Trinajstić information content (AvgIpc) is 2.29. The fourth-order valence-corrected chi connectivity index (χ4v) is 1.82. The van der Waals surface area contributed by atoms with E-state index in [9.17, 15) is 0 Å². The minimum Gasteiger partial charge on any atom is -0.497 e. The lowest BCUT2D eigenvalue weighted by molar-refractivity contribution is 0.413. The molecule has 1 atom stereocenters. The summed E-state index contributed by atoms with van der Waals surface area (Å²) in [4.78, 5) is 0. The molecule has 0 bridgehead atoms. The van der Waals surface area contributed by atoms with E-state index in [1.165, 1.54) is 31.2 Å². The first kappa shape index (κ1) is 12.1. The Balaban J connectivity index is 2.52. The number of rotatable bonds is 6. The van der Waals surface area contributed by atoms with Gasteiger partial charge in [0, 0.05) is 0 Å². The van der Waals surface area contributed by atoms with E-state index in [1.807, 2.05) is 6.07 Å². The molecule has 1 nitrogen and oxygen atoms in total. The number of benzene rings is 1. The maximum atomic E-state index is 5.23. The largest absolute Gasteiger partial charge is 0.497 e. The van der Waals surface area contributed by atoms with Crippen molar-refractivity contribution in [2.75, 3.05) is 7.11 Å². The zero-order valence-electron chi connectivity index (χ0n) is 10.1. The Morgan fingerprint density at radius 3 is 2.73 bits per heavy atom. The summed E-state index contributed by atoms with van der Waals surface area (Å²) < 4.78 is 5.23. The second kappa shape index (κ2) is 6.49. The van der Waals surface area contributed by atoms with Crippen molar-refractivity contribution in [3.8, 4) is 5.75 Å². The van der Waals surface area contributed by atoms with Crippen LogP contribution in [0.15, 0.2) is 24.3 Å². The molecular weight excluding hydrogens is 184 g/mol. The van der Waals surface area contributed by atoms with Crippen LogP contribution in [0.4, 0.5) is 0 Å². The van der Waals surface area contributed by atoms with Crippen LogP contribution in [0.25, 0.3) is 0 Å². The monoisotopic (exact) mass is 206 g/mol. The first-order chi connectivity index (χ1) is 7.27. The van der Waals surface area contributed by atoms with Crippen LogP contribution in [0, 0.1) is 0 Å². The molecule has 0 fully saturated rings. The van der Waals surface area contributed by atoms with Crippen molar-refractivity contribution in [1.29, 1.82) is 0 Å². The molecule has 1 unspecified atom stereocenters. The lowest BCUT2D eigenvalue weighted by atomic mass is 9.95. The van der Waals surface area contributed by atoms with Crippen LogP contribution in [-0.2, 0) is 0 Å². The summed E-state index contributed by atoms with van der Waals surface area (Å²) in [5.74, 6) is 1.61. The van der Waals surface area contributed by atoms with Crippen molar-refractivity contribution >= 4 is 0 Å². The first-order valence-electron chi connectivity index (χ1n) is 5.92. The number of hydrogen-bond acceptors (Lipinski definition) is 1. The van der Waals surface area contributed by atoms with Gasteiger partial charge in [0.1, 0.15) is 5.75 Å². The highest BCUT2D eigenvalue weighted by Crippen LogP contribution is 2.24. The van der Waals surface area contributed by atoms with Crippen molar-refractivity contribution in [3.63, 3.8) is 0 Å². The topological polar surface area (TPSA) is 9.23 Å². The minimum absolute atomic E-state index is 0.645. The molecule has 1 heteroatoms. The maximum absolute atomic E-state index is 5.23. The van der Waals surface area contributed by atoms with Crippen LogP contribution in [0.5, 0.6) is 5.75 Å². The van der Waals surface area contributed by atoms with Crippen molar-refractivity contribution < 1.29 is 4.74 Å². The van der Waals surface area contributed by atoms with Gasteiger partial charge in [0.05, 0.1) is 7.11 Å². The van der Waals surface area contributed by atoms with Crippen LogP contribution in [0.3, 0.4) is 0 Å². The van der Waals surface area contributed by atoms with Crippen molar-refractivity contribution in [2.24, 2.45) is 0 Å². The first-order valence-corrected chi connectivity index (χ1v) is 5.92. The lowest BCUT2D eigenvalue weighted by Crippen LogP contribution is -1.94. The molecule has 0 saturated carbocycles. The van der Waals surface area contributed by atoms with Gasteiger partial charge in [0.15, 0.2) is 0 Å². The van der Waals surface area contributed by atoms with Crippen LogP contribution in [-0.4, -0.2) is 7.11 Å². The zero-order chi connectivity index (χ0) is 11.1. The van der Waals surface area contributed by atoms with E-state index in [0.29, 0.717) is 5.92 Å². The van der Waals surface area contributed by atoms with E-state index in [4.69, 9.17) is 4.74 Å². The minimum atomic E-state index is 0.645. The molecule has 0 aliphatic rings.